The maximum Gasteiger partial charge on any atom is 0.133 e. The molecular weight excluding hydrogens is 210 g/mol. The first-order valence-corrected chi connectivity index (χ1v) is 6.72. The maximum absolute atomic E-state index is 4.60. The lowest BCUT2D eigenvalue weighted by atomic mass is 10.1. The van der Waals surface area contributed by atoms with Gasteiger partial charge in [0.2, 0.25) is 0 Å². The van der Waals surface area contributed by atoms with Crippen LogP contribution in [-0.2, 0) is 0 Å². The normalized spacial score (nSPS) is 16.9. The average Bonchev–Trinajstić information content (AvgIpc) is 3.15. The molecule has 1 aliphatic carbocycles. The highest BCUT2D eigenvalue weighted by atomic mass is 15.2. The van der Waals surface area contributed by atoms with Crippen molar-refractivity contribution in [2.75, 3.05) is 18.0 Å². The molecule has 0 saturated heterocycles. The minimum Gasteiger partial charge on any atom is -0.354 e. The molecule has 0 aromatic carbocycles. The van der Waals surface area contributed by atoms with Crippen molar-refractivity contribution < 1.29 is 0 Å². The van der Waals surface area contributed by atoms with Crippen molar-refractivity contribution >= 4 is 5.82 Å². The number of hydrogen-bond donors (Lipinski definition) is 1. The molecule has 94 valence electrons. The summed E-state index contributed by atoms with van der Waals surface area (Å²) in [5.41, 5.74) is 1.32. The SMILES string of the molecule is CCNC(C)c1cccnc1N(CC)C1CC1. The van der Waals surface area contributed by atoms with Crippen molar-refractivity contribution in [3.63, 3.8) is 0 Å². The van der Waals surface area contributed by atoms with E-state index < -0.39 is 0 Å². The van der Waals surface area contributed by atoms with E-state index in [0.29, 0.717) is 6.04 Å². The van der Waals surface area contributed by atoms with Gasteiger partial charge in [-0.25, -0.2) is 4.98 Å². The highest BCUT2D eigenvalue weighted by Gasteiger charge is 2.30. The molecule has 0 radical (unpaired) electrons. The van der Waals surface area contributed by atoms with Crippen LogP contribution < -0.4 is 10.2 Å². The third kappa shape index (κ3) is 2.78. The van der Waals surface area contributed by atoms with Crippen LogP contribution in [0.4, 0.5) is 5.82 Å². The molecule has 1 heterocycles. The van der Waals surface area contributed by atoms with E-state index in [1.165, 1.54) is 24.2 Å². The molecular formula is C14H23N3. The highest BCUT2D eigenvalue weighted by Crippen LogP contribution is 2.33. The summed E-state index contributed by atoms with van der Waals surface area (Å²) in [5, 5.41) is 3.47. The van der Waals surface area contributed by atoms with Crippen LogP contribution in [0.25, 0.3) is 0 Å². The van der Waals surface area contributed by atoms with E-state index in [2.05, 4.69) is 42.0 Å². The summed E-state index contributed by atoms with van der Waals surface area (Å²) < 4.78 is 0. The molecule has 0 aliphatic heterocycles. The number of aromatic nitrogens is 1. The molecule has 0 bridgehead atoms. The largest absolute Gasteiger partial charge is 0.354 e. The molecule has 1 aromatic heterocycles. The first kappa shape index (κ1) is 12.4. The van der Waals surface area contributed by atoms with Crippen LogP contribution in [0.5, 0.6) is 0 Å². The molecule has 2 rings (SSSR count). The van der Waals surface area contributed by atoms with E-state index >= 15 is 0 Å². The van der Waals surface area contributed by atoms with Crippen LogP contribution in [0.2, 0.25) is 0 Å². The highest BCUT2D eigenvalue weighted by molar-refractivity contribution is 5.50. The van der Waals surface area contributed by atoms with Gasteiger partial charge in [-0.1, -0.05) is 13.0 Å². The Bertz CT molecular complexity index is 360. The van der Waals surface area contributed by atoms with E-state index in [1.807, 2.05) is 12.3 Å². The zero-order valence-corrected chi connectivity index (χ0v) is 11.1. The Morgan fingerprint density at radius 2 is 2.24 bits per heavy atom. The van der Waals surface area contributed by atoms with Crippen molar-refractivity contribution in [2.45, 2.75) is 45.7 Å². The summed E-state index contributed by atoms with van der Waals surface area (Å²) in [6.07, 6.45) is 4.54. The van der Waals surface area contributed by atoms with Crippen molar-refractivity contribution in [3.05, 3.63) is 23.9 Å². The average molecular weight is 233 g/mol. The molecule has 3 nitrogen and oxygen atoms in total. The zero-order valence-electron chi connectivity index (χ0n) is 11.1. The van der Waals surface area contributed by atoms with Crippen LogP contribution in [0.3, 0.4) is 0 Å². The number of nitrogens with one attached hydrogen (secondary N) is 1. The molecule has 1 N–H and O–H groups in total. The molecule has 3 heteroatoms. The predicted molar refractivity (Wildman–Crippen MR) is 72.4 cm³/mol. The third-order valence-corrected chi connectivity index (χ3v) is 3.39. The topological polar surface area (TPSA) is 28.2 Å². The molecule has 1 fully saturated rings. The van der Waals surface area contributed by atoms with Crippen molar-refractivity contribution in [1.82, 2.24) is 10.3 Å². The zero-order chi connectivity index (χ0) is 12.3. The Labute approximate surface area is 104 Å². The lowest BCUT2D eigenvalue weighted by Crippen LogP contribution is -2.29. The van der Waals surface area contributed by atoms with Crippen molar-refractivity contribution in [3.8, 4) is 0 Å². The van der Waals surface area contributed by atoms with Gasteiger partial charge in [0, 0.05) is 30.4 Å². The molecule has 1 saturated carbocycles. The summed E-state index contributed by atoms with van der Waals surface area (Å²) in [5.74, 6) is 1.17. The van der Waals surface area contributed by atoms with Crippen LogP contribution in [0.15, 0.2) is 18.3 Å². The van der Waals surface area contributed by atoms with Crippen molar-refractivity contribution in [1.29, 1.82) is 0 Å². The quantitative estimate of drug-likeness (QED) is 0.819. The molecule has 17 heavy (non-hydrogen) atoms. The first-order valence-electron chi connectivity index (χ1n) is 6.72. The second kappa shape index (κ2) is 5.50. The Kier molecular flexibility index (Phi) is 4.00. The Balaban J connectivity index is 2.25. The van der Waals surface area contributed by atoms with Gasteiger partial charge in [0.05, 0.1) is 0 Å². The molecule has 1 aromatic rings. The number of nitrogens with zero attached hydrogens (tertiary/aromatic N) is 2. The fraction of sp³-hybridized carbons (Fsp3) is 0.643. The van der Waals surface area contributed by atoms with Crippen molar-refractivity contribution in [2.24, 2.45) is 0 Å². The van der Waals surface area contributed by atoms with Gasteiger partial charge in [-0.2, -0.15) is 0 Å². The molecule has 1 atom stereocenters. The lowest BCUT2D eigenvalue weighted by molar-refractivity contribution is 0.593. The van der Waals surface area contributed by atoms with Crippen LogP contribution in [0, 0.1) is 0 Å². The van der Waals surface area contributed by atoms with Gasteiger partial charge >= 0.3 is 0 Å². The Hall–Kier alpha value is -1.09. The predicted octanol–water partition coefficient (Wildman–Crippen LogP) is 2.74. The first-order chi connectivity index (χ1) is 8.27. The van der Waals surface area contributed by atoms with E-state index in [9.17, 15) is 0 Å². The summed E-state index contributed by atoms with van der Waals surface area (Å²) >= 11 is 0. The summed E-state index contributed by atoms with van der Waals surface area (Å²) in [6, 6.07) is 5.33. The number of rotatable bonds is 6. The Morgan fingerprint density at radius 3 is 2.82 bits per heavy atom. The number of anilines is 1. The maximum atomic E-state index is 4.60. The minimum atomic E-state index is 0.372. The van der Waals surface area contributed by atoms with Gasteiger partial charge in [0.1, 0.15) is 5.82 Å². The van der Waals surface area contributed by atoms with Gasteiger partial charge < -0.3 is 10.2 Å². The lowest BCUT2D eigenvalue weighted by Gasteiger charge is -2.26. The van der Waals surface area contributed by atoms with Crippen LogP contribution in [-0.4, -0.2) is 24.1 Å². The van der Waals surface area contributed by atoms with Gasteiger partial charge in [-0.3, -0.25) is 0 Å². The standard InChI is InChI=1S/C14H23N3/c1-4-15-11(3)13-7-6-10-16-14(13)17(5-2)12-8-9-12/h6-7,10-12,15H,4-5,8-9H2,1-3H3. The van der Waals surface area contributed by atoms with Gasteiger partial charge in [-0.15, -0.1) is 0 Å². The summed E-state index contributed by atoms with van der Waals surface area (Å²) in [7, 11) is 0. The number of pyridine rings is 1. The molecule has 0 amide bonds. The van der Waals surface area contributed by atoms with Gasteiger partial charge in [-0.05, 0) is 39.3 Å². The third-order valence-electron chi connectivity index (χ3n) is 3.39. The van der Waals surface area contributed by atoms with E-state index in [4.69, 9.17) is 0 Å². The second-order valence-electron chi connectivity index (χ2n) is 4.71. The van der Waals surface area contributed by atoms with Crippen LogP contribution in [0.1, 0.15) is 45.2 Å². The Morgan fingerprint density at radius 1 is 1.47 bits per heavy atom. The molecule has 1 unspecified atom stereocenters. The van der Waals surface area contributed by atoms with Crippen LogP contribution >= 0.6 is 0 Å². The fourth-order valence-corrected chi connectivity index (χ4v) is 2.37. The van der Waals surface area contributed by atoms with E-state index in [1.54, 1.807) is 0 Å². The summed E-state index contributed by atoms with van der Waals surface area (Å²) in [6.45, 7) is 8.61. The van der Waals surface area contributed by atoms with Gasteiger partial charge in [0.15, 0.2) is 0 Å². The minimum absolute atomic E-state index is 0.372. The molecule has 0 spiro atoms. The van der Waals surface area contributed by atoms with Gasteiger partial charge in [0.25, 0.3) is 0 Å². The smallest absolute Gasteiger partial charge is 0.133 e. The van der Waals surface area contributed by atoms with E-state index in [-0.39, 0.29) is 0 Å². The number of hydrogen-bond acceptors (Lipinski definition) is 3. The van der Waals surface area contributed by atoms with E-state index in [0.717, 1.165) is 19.1 Å². The molecule has 1 aliphatic rings. The summed E-state index contributed by atoms with van der Waals surface area (Å²) in [4.78, 5) is 7.05. The fourth-order valence-electron chi connectivity index (χ4n) is 2.37. The second-order valence-corrected chi connectivity index (χ2v) is 4.71. The monoisotopic (exact) mass is 233 g/mol.